The van der Waals surface area contributed by atoms with Crippen molar-refractivity contribution in [3.63, 3.8) is 0 Å². The van der Waals surface area contributed by atoms with Gasteiger partial charge in [-0.3, -0.25) is 9.59 Å². The molecule has 3 amide bonds. The number of rotatable bonds is 15. The van der Waals surface area contributed by atoms with Crippen LogP contribution in [0.2, 0.25) is 0 Å². The van der Waals surface area contributed by atoms with E-state index in [0.29, 0.717) is 5.69 Å². The van der Waals surface area contributed by atoms with Gasteiger partial charge in [0.1, 0.15) is 24.7 Å². The van der Waals surface area contributed by atoms with E-state index in [4.69, 9.17) is 9.47 Å². The van der Waals surface area contributed by atoms with Crippen LogP contribution in [0.25, 0.3) is 0 Å². The third kappa shape index (κ3) is 10.6. The number of H-pyrrole nitrogens is 1. The van der Waals surface area contributed by atoms with Crippen LogP contribution >= 0.6 is 0 Å². The molecule has 0 unspecified atom stereocenters. The van der Waals surface area contributed by atoms with Crippen LogP contribution in [0.4, 0.5) is 4.79 Å². The monoisotopic (exact) mass is 611 g/mol. The van der Waals surface area contributed by atoms with Gasteiger partial charge in [0, 0.05) is 31.2 Å². The molecule has 0 radical (unpaired) electrons. The minimum absolute atomic E-state index is 0.0248. The van der Waals surface area contributed by atoms with E-state index in [-0.39, 0.29) is 32.5 Å². The zero-order valence-corrected chi connectivity index (χ0v) is 25.0. The summed E-state index contributed by atoms with van der Waals surface area (Å²) in [5.74, 6) is -1.79. The molecule has 1 aromatic heterocycles. The number of esters is 1. The summed E-state index contributed by atoms with van der Waals surface area (Å²) in [6.45, 7) is 1.83. The van der Waals surface area contributed by atoms with Crippen LogP contribution in [0.5, 0.6) is 0 Å². The maximum Gasteiger partial charge on any atom is 0.408 e. The van der Waals surface area contributed by atoms with E-state index < -0.39 is 42.0 Å². The summed E-state index contributed by atoms with van der Waals surface area (Å²) in [5.41, 5.74) is 3.00. The van der Waals surface area contributed by atoms with E-state index in [0.717, 1.165) is 16.7 Å². The van der Waals surface area contributed by atoms with Gasteiger partial charge >= 0.3 is 12.1 Å². The first-order chi connectivity index (χ1) is 21.9. The lowest BCUT2D eigenvalue weighted by molar-refractivity contribution is -0.147. The van der Waals surface area contributed by atoms with Crippen LogP contribution in [0.1, 0.15) is 29.3 Å². The van der Waals surface area contributed by atoms with Crippen LogP contribution in [0, 0.1) is 0 Å². The quantitative estimate of drug-likeness (QED) is 0.151. The zero-order chi connectivity index (χ0) is 31.9. The van der Waals surface area contributed by atoms with E-state index in [1.165, 1.54) is 6.33 Å². The van der Waals surface area contributed by atoms with Crippen LogP contribution in [0.3, 0.4) is 0 Å². The van der Waals surface area contributed by atoms with E-state index in [2.05, 4.69) is 25.9 Å². The predicted octanol–water partition coefficient (Wildman–Crippen LogP) is 3.27. The van der Waals surface area contributed by atoms with E-state index >= 15 is 0 Å². The number of alkyl carbamates (subject to hydrolysis) is 1. The van der Waals surface area contributed by atoms with Crippen molar-refractivity contribution >= 4 is 23.9 Å². The SMILES string of the molecule is CCOC(=O)[C@H](Cc1cnc[nH]1)NC(=O)[C@H](Cc1ccccc1)NC(=O)[C@H](Cc1ccccc1)NC(=O)OCc1ccccc1. The molecule has 0 aliphatic rings. The van der Waals surface area contributed by atoms with Gasteiger partial charge in [0.15, 0.2) is 0 Å². The Bertz CT molecular complexity index is 1500. The highest BCUT2D eigenvalue weighted by Crippen LogP contribution is 2.09. The van der Waals surface area contributed by atoms with E-state index in [9.17, 15) is 19.2 Å². The number of imidazole rings is 1. The number of carbonyl (C=O) groups is 4. The second-order valence-electron chi connectivity index (χ2n) is 10.3. The van der Waals surface area contributed by atoms with Crippen molar-refractivity contribution in [3.8, 4) is 0 Å². The van der Waals surface area contributed by atoms with Crippen molar-refractivity contribution in [2.45, 2.75) is 50.9 Å². The summed E-state index contributed by atoms with van der Waals surface area (Å²) >= 11 is 0. The van der Waals surface area contributed by atoms with Crippen LogP contribution in [-0.4, -0.2) is 58.6 Å². The van der Waals surface area contributed by atoms with Crippen molar-refractivity contribution in [1.82, 2.24) is 25.9 Å². The largest absolute Gasteiger partial charge is 0.464 e. The lowest BCUT2D eigenvalue weighted by Crippen LogP contribution is -2.57. The molecule has 0 saturated carbocycles. The Balaban J connectivity index is 1.52. The summed E-state index contributed by atoms with van der Waals surface area (Å²) in [5, 5.41) is 8.21. The second kappa shape index (κ2) is 17.0. The number of aromatic nitrogens is 2. The molecule has 3 atom stereocenters. The van der Waals surface area contributed by atoms with Crippen molar-refractivity contribution in [2.75, 3.05) is 6.61 Å². The van der Waals surface area contributed by atoms with E-state index in [1.54, 1.807) is 13.1 Å². The summed E-state index contributed by atoms with van der Waals surface area (Å²) < 4.78 is 10.6. The maximum atomic E-state index is 13.8. The number of benzene rings is 3. The summed E-state index contributed by atoms with van der Waals surface area (Å²) in [6, 6.07) is 24.4. The van der Waals surface area contributed by atoms with Crippen molar-refractivity contribution in [3.05, 3.63) is 126 Å². The third-order valence-corrected chi connectivity index (χ3v) is 6.89. The molecule has 0 bridgehead atoms. The molecule has 4 N–H and O–H groups in total. The molecular formula is C34H37N5O6. The molecule has 4 aromatic rings. The molecule has 0 spiro atoms. The Morgan fingerprint density at radius 3 is 1.69 bits per heavy atom. The summed E-state index contributed by atoms with van der Waals surface area (Å²) in [6.07, 6.45) is 2.65. The zero-order valence-electron chi connectivity index (χ0n) is 25.0. The molecule has 0 aliphatic carbocycles. The van der Waals surface area contributed by atoms with Gasteiger partial charge in [0.2, 0.25) is 11.8 Å². The Morgan fingerprint density at radius 2 is 1.18 bits per heavy atom. The smallest absolute Gasteiger partial charge is 0.408 e. The fraction of sp³-hybridized carbons (Fsp3) is 0.265. The highest BCUT2D eigenvalue weighted by molar-refractivity contribution is 5.93. The molecule has 3 aromatic carbocycles. The lowest BCUT2D eigenvalue weighted by Gasteiger charge is -2.25. The number of nitrogens with zero attached hydrogens (tertiary/aromatic N) is 1. The Kier molecular flexibility index (Phi) is 12.3. The molecule has 0 saturated heterocycles. The molecule has 4 rings (SSSR count). The average Bonchev–Trinajstić information content (AvgIpc) is 3.57. The van der Waals surface area contributed by atoms with E-state index in [1.807, 2.05) is 91.0 Å². The number of amides is 3. The molecular weight excluding hydrogens is 574 g/mol. The molecule has 1 heterocycles. The molecule has 11 heteroatoms. The Hall–Kier alpha value is -5.45. The van der Waals surface area contributed by atoms with Gasteiger partial charge in [-0.05, 0) is 23.6 Å². The lowest BCUT2D eigenvalue weighted by atomic mass is 10.0. The first kappa shape index (κ1) is 32.5. The van der Waals surface area contributed by atoms with Crippen molar-refractivity contribution < 1.29 is 28.7 Å². The first-order valence-electron chi connectivity index (χ1n) is 14.7. The minimum atomic E-state index is -1.08. The number of aromatic amines is 1. The molecule has 45 heavy (non-hydrogen) atoms. The number of hydrogen-bond donors (Lipinski definition) is 4. The van der Waals surface area contributed by atoms with Gasteiger partial charge in [-0.1, -0.05) is 91.0 Å². The fourth-order valence-electron chi connectivity index (χ4n) is 4.62. The van der Waals surface area contributed by atoms with Crippen LogP contribution in [0.15, 0.2) is 104 Å². The summed E-state index contributed by atoms with van der Waals surface area (Å²) in [7, 11) is 0. The number of hydrogen-bond acceptors (Lipinski definition) is 7. The van der Waals surface area contributed by atoms with Gasteiger partial charge in [-0.2, -0.15) is 0 Å². The predicted molar refractivity (Wildman–Crippen MR) is 167 cm³/mol. The van der Waals surface area contributed by atoms with Gasteiger partial charge in [-0.15, -0.1) is 0 Å². The second-order valence-corrected chi connectivity index (χ2v) is 10.3. The highest BCUT2D eigenvalue weighted by Gasteiger charge is 2.31. The highest BCUT2D eigenvalue weighted by atomic mass is 16.5. The molecule has 0 aliphatic heterocycles. The molecule has 11 nitrogen and oxygen atoms in total. The average molecular weight is 612 g/mol. The van der Waals surface area contributed by atoms with Gasteiger partial charge < -0.3 is 30.4 Å². The Labute approximate surface area is 261 Å². The van der Waals surface area contributed by atoms with Gasteiger partial charge in [-0.25, -0.2) is 14.6 Å². The topological polar surface area (TPSA) is 152 Å². The maximum absolute atomic E-state index is 13.8. The van der Waals surface area contributed by atoms with Crippen molar-refractivity contribution in [1.29, 1.82) is 0 Å². The van der Waals surface area contributed by atoms with Crippen LogP contribution < -0.4 is 16.0 Å². The molecule has 0 fully saturated rings. The first-order valence-corrected chi connectivity index (χ1v) is 14.7. The fourth-order valence-corrected chi connectivity index (χ4v) is 4.62. The normalized spacial score (nSPS) is 12.6. The van der Waals surface area contributed by atoms with Gasteiger partial charge in [0.25, 0.3) is 0 Å². The number of carbonyl (C=O) groups excluding carboxylic acids is 4. The van der Waals surface area contributed by atoms with Crippen LogP contribution in [-0.2, 0) is 49.7 Å². The Morgan fingerprint density at radius 1 is 0.667 bits per heavy atom. The number of ether oxygens (including phenoxy) is 2. The summed E-state index contributed by atoms with van der Waals surface area (Å²) in [4.78, 5) is 60.0. The third-order valence-electron chi connectivity index (χ3n) is 6.89. The standard InChI is InChI=1S/C34H37N5O6/c1-2-44-33(42)30(20-27-21-35-23-36-27)38-31(40)28(18-24-12-6-3-7-13-24)37-32(41)29(19-25-14-8-4-9-15-25)39-34(43)45-22-26-16-10-5-11-17-26/h3-17,21,23,28-30H,2,18-20,22H2,1H3,(H,35,36)(H,37,41)(H,38,40)(H,39,43)/t28-,29-,30-/m0/s1. The van der Waals surface area contributed by atoms with Gasteiger partial charge in [0.05, 0.1) is 12.9 Å². The number of nitrogens with one attached hydrogen (secondary N) is 4. The van der Waals surface area contributed by atoms with Crippen molar-refractivity contribution in [2.24, 2.45) is 0 Å². The minimum Gasteiger partial charge on any atom is -0.464 e. The molecule has 234 valence electrons.